The quantitative estimate of drug-likeness (QED) is 0.728. The topological polar surface area (TPSA) is 38.5 Å². The predicted octanol–water partition coefficient (Wildman–Crippen LogP) is 3.10. The van der Waals surface area contributed by atoms with Crippen LogP contribution >= 0.6 is 12.2 Å². The molecule has 2 aromatic heterocycles. The normalized spacial score (nSPS) is 11.3. The molecule has 0 spiro atoms. The number of hydrogen-bond donors (Lipinski definition) is 1. The fourth-order valence-corrected chi connectivity index (χ4v) is 2.67. The number of nitrogens with zero attached hydrogens (tertiary/aromatic N) is 3. The summed E-state index contributed by atoms with van der Waals surface area (Å²) in [6.07, 6.45) is 2.05. The van der Waals surface area contributed by atoms with Gasteiger partial charge in [0.25, 0.3) is 0 Å². The zero-order chi connectivity index (χ0) is 13.6. The Morgan fingerprint density at radius 3 is 2.79 bits per heavy atom. The Labute approximate surface area is 116 Å². The number of aromatic amines is 1. The van der Waals surface area contributed by atoms with Crippen molar-refractivity contribution in [2.24, 2.45) is 7.05 Å². The summed E-state index contributed by atoms with van der Waals surface area (Å²) in [6, 6.07) is 6.33. The summed E-state index contributed by atoms with van der Waals surface area (Å²) in [7, 11) is 1.94. The van der Waals surface area contributed by atoms with Gasteiger partial charge in [0.15, 0.2) is 4.77 Å². The lowest BCUT2D eigenvalue weighted by atomic mass is 10.2. The van der Waals surface area contributed by atoms with Crippen molar-refractivity contribution in [2.75, 3.05) is 0 Å². The third kappa shape index (κ3) is 2.10. The molecular formula is C14H16N4S. The number of aryl methyl sites for hydroxylation is 3. The molecule has 3 aromatic rings. The summed E-state index contributed by atoms with van der Waals surface area (Å²) in [4.78, 5) is 3.25. The van der Waals surface area contributed by atoms with Crippen LogP contribution in [-0.2, 0) is 13.6 Å². The van der Waals surface area contributed by atoms with Crippen LogP contribution in [-0.4, -0.2) is 19.3 Å². The minimum atomic E-state index is 0.752. The van der Waals surface area contributed by atoms with Gasteiger partial charge >= 0.3 is 0 Å². The van der Waals surface area contributed by atoms with Gasteiger partial charge in [0.2, 0.25) is 0 Å². The monoisotopic (exact) mass is 272 g/mol. The average molecular weight is 272 g/mol. The molecule has 2 heterocycles. The summed E-state index contributed by atoms with van der Waals surface area (Å²) >= 11 is 5.43. The van der Waals surface area contributed by atoms with Gasteiger partial charge in [-0.25, -0.2) is 0 Å². The van der Waals surface area contributed by atoms with E-state index in [2.05, 4.69) is 39.8 Å². The molecule has 1 aromatic carbocycles. The Kier molecular flexibility index (Phi) is 2.78. The number of fused-ring (bicyclic) bond motifs is 1. The maximum absolute atomic E-state index is 5.43. The SMILES string of the molecule is Cc1ccc2[nH]c(=S)n(Cc3cn(C)nc3C)c2c1. The molecule has 0 fully saturated rings. The highest BCUT2D eigenvalue weighted by Crippen LogP contribution is 2.18. The van der Waals surface area contributed by atoms with E-state index in [4.69, 9.17) is 12.2 Å². The van der Waals surface area contributed by atoms with E-state index in [0.717, 1.165) is 28.0 Å². The first-order valence-corrected chi connectivity index (χ1v) is 6.64. The van der Waals surface area contributed by atoms with Crippen molar-refractivity contribution in [3.05, 3.63) is 46.0 Å². The van der Waals surface area contributed by atoms with Crippen LogP contribution in [0.4, 0.5) is 0 Å². The lowest BCUT2D eigenvalue weighted by molar-refractivity contribution is 0.755. The first-order valence-electron chi connectivity index (χ1n) is 6.23. The van der Waals surface area contributed by atoms with Crippen molar-refractivity contribution in [1.29, 1.82) is 0 Å². The van der Waals surface area contributed by atoms with Gasteiger partial charge < -0.3 is 9.55 Å². The third-order valence-corrected chi connectivity index (χ3v) is 3.70. The number of H-pyrrole nitrogens is 1. The van der Waals surface area contributed by atoms with Gasteiger partial charge in [-0.3, -0.25) is 4.68 Å². The average Bonchev–Trinajstić information content (AvgIpc) is 2.81. The summed E-state index contributed by atoms with van der Waals surface area (Å²) < 4.78 is 4.72. The highest BCUT2D eigenvalue weighted by Gasteiger charge is 2.08. The van der Waals surface area contributed by atoms with Gasteiger partial charge in [0, 0.05) is 18.8 Å². The van der Waals surface area contributed by atoms with Crippen LogP contribution in [0.1, 0.15) is 16.8 Å². The molecule has 0 unspecified atom stereocenters. The van der Waals surface area contributed by atoms with E-state index < -0.39 is 0 Å². The minimum Gasteiger partial charge on any atom is -0.331 e. The van der Waals surface area contributed by atoms with E-state index in [9.17, 15) is 0 Å². The van der Waals surface area contributed by atoms with E-state index in [1.54, 1.807) is 0 Å². The minimum absolute atomic E-state index is 0.752. The first kappa shape index (κ1) is 12.2. The summed E-state index contributed by atoms with van der Waals surface area (Å²) in [6.45, 7) is 4.87. The third-order valence-electron chi connectivity index (χ3n) is 3.37. The molecule has 0 saturated heterocycles. The fourth-order valence-electron chi connectivity index (χ4n) is 2.39. The fraction of sp³-hybridized carbons (Fsp3) is 0.286. The Bertz CT molecular complexity index is 807. The van der Waals surface area contributed by atoms with Gasteiger partial charge in [-0.2, -0.15) is 5.10 Å². The van der Waals surface area contributed by atoms with Crippen LogP contribution < -0.4 is 0 Å². The molecule has 3 rings (SSSR count). The second-order valence-electron chi connectivity index (χ2n) is 4.95. The van der Waals surface area contributed by atoms with Gasteiger partial charge in [0.1, 0.15) is 0 Å². The Morgan fingerprint density at radius 1 is 1.32 bits per heavy atom. The highest BCUT2D eigenvalue weighted by atomic mass is 32.1. The Morgan fingerprint density at radius 2 is 2.11 bits per heavy atom. The highest BCUT2D eigenvalue weighted by molar-refractivity contribution is 7.71. The van der Waals surface area contributed by atoms with Gasteiger partial charge in [-0.1, -0.05) is 6.07 Å². The van der Waals surface area contributed by atoms with Gasteiger partial charge in [-0.05, 0) is 43.8 Å². The number of imidazole rings is 1. The number of nitrogens with one attached hydrogen (secondary N) is 1. The van der Waals surface area contributed by atoms with Crippen LogP contribution in [0.15, 0.2) is 24.4 Å². The molecule has 0 aliphatic heterocycles. The number of benzene rings is 1. The Hall–Kier alpha value is -1.88. The molecule has 0 amide bonds. The number of rotatable bonds is 2. The molecule has 19 heavy (non-hydrogen) atoms. The van der Waals surface area contributed by atoms with Gasteiger partial charge in [-0.15, -0.1) is 0 Å². The molecule has 4 nitrogen and oxygen atoms in total. The van der Waals surface area contributed by atoms with Crippen LogP contribution in [0.2, 0.25) is 0 Å². The largest absolute Gasteiger partial charge is 0.331 e. The number of hydrogen-bond acceptors (Lipinski definition) is 2. The van der Waals surface area contributed by atoms with E-state index in [1.165, 1.54) is 11.1 Å². The molecule has 98 valence electrons. The van der Waals surface area contributed by atoms with E-state index in [1.807, 2.05) is 24.9 Å². The van der Waals surface area contributed by atoms with Crippen molar-refractivity contribution in [1.82, 2.24) is 19.3 Å². The smallest absolute Gasteiger partial charge is 0.178 e. The molecule has 0 atom stereocenters. The van der Waals surface area contributed by atoms with E-state index in [-0.39, 0.29) is 0 Å². The molecule has 1 N–H and O–H groups in total. The van der Waals surface area contributed by atoms with Crippen LogP contribution in [0.25, 0.3) is 11.0 Å². The van der Waals surface area contributed by atoms with Crippen LogP contribution in [0, 0.1) is 18.6 Å². The second kappa shape index (κ2) is 4.35. The zero-order valence-corrected chi connectivity index (χ0v) is 12.1. The van der Waals surface area contributed by atoms with Crippen LogP contribution in [0.5, 0.6) is 0 Å². The molecule has 0 aliphatic rings. The van der Waals surface area contributed by atoms with E-state index >= 15 is 0 Å². The Balaban J connectivity index is 2.14. The van der Waals surface area contributed by atoms with Gasteiger partial charge in [0.05, 0.1) is 23.3 Å². The van der Waals surface area contributed by atoms with Crippen molar-refractivity contribution >= 4 is 23.3 Å². The predicted molar refractivity (Wildman–Crippen MR) is 78.9 cm³/mol. The molecule has 0 saturated carbocycles. The molecule has 0 bridgehead atoms. The standard InChI is InChI=1S/C14H16N4S/c1-9-4-5-12-13(6-9)18(14(19)15-12)8-11-7-17(3)16-10(11)2/h4-7H,8H2,1-3H3,(H,15,19). The summed E-state index contributed by atoms with van der Waals surface area (Å²) in [5.74, 6) is 0. The van der Waals surface area contributed by atoms with Crippen molar-refractivity contribution in [2.45, 2.75) is 20.4 Å². The summed E-state index contributed by atoms with van der Waals surface area (Å²) in [5.41, 5.74) is 5.70. The van der Waals surface area contributed by atoms with E-state index in [0.29, 0.717) is 0 Å². The maximum Gasteiger partial charge on any atom is 0.178 e. The van der Waals surface area contributed by atoms with Crippen molar-refractivity contribution < 1.29 is 0 Å². The van der Waals surface area contributed by atoms with Crippen molar-refractivity contribution in [3.8, 4) is 0 Å². The lowest BCUT2D eigenvalue weighted by Gasteiger charge is -2.04. The molecule has 0 radical (unpaired) electrons. The van der Waals surface area contributed by atoms with Crippen molar-refractivity contribution in [3.63, 3.8) is 0 Å². The first-order chi connectivity index (χ1) is 9.04. The molecule has 5 heteroatoms. The second-order valence-corrected chi connectivity index (χ2v) is 5.34. The number of aromatic nitrogens is 4. The van der Waals surface area contributed by atoms with Crippen LogP contribution in [0.3, 0.4) is 0 Å². The molecular weight excluding hydrogens is 256 g/mol. The molecule has 0 aliphatic carbocycles. The maximum atomic E-state index is 5.43. The lowest BCUT2D eigenvalue weighted by Crippen LogP contribution is -2.00. The summed E-state index contributed by atoms with van der Waals surface area (Å²) in [5, 5.41) is 4.38. The zero-order valence-electron chi connectivity index (χ0n) is 11.3.